The van der Waals surface area contributed by atoms with Crippen LogP contribution in [0, 0.1) is 5.82 Å². The molecule has 23 heavy (non-hydrogen) atoms. The van der Waals surface area contributed by atoms with E-state index in [9.17, 15) is 18.8 Å². The average Bonchev–Trinajstić information content (AvgIpc) is 2.97. The van der Waals surface area contributed by atoms with Crippen molar-refractivity contribution < 1.29 is 27.9 Å². The minimum absolute atomic E-state index is 0.0833. The summed E-state index contributed by atoms with van der Waals surface area (Å²) < 4.78 is 23.3. The zero-order chi connectivity index (χ0) is 16.8. The Morgan fingerprint density at radius 1 is 1.13 bits per heavy atom. The van der Waals surface area contributed by atoms with E-state index in [1.807, 2.05) is 10.9 Å². The number of amides is 2. The third-order valence-corrected chi connectivity index (χ3v) is 2.97. The number of halogens is 2. The van der Waals surface area contributed by atoms with Gasteiger partial charge in [0.2, 0.25) is 5.76 Å². The van der Waals surface area contributed by atoms with Gasteiger partial charge in [-0.15, -0.1) is 0 Å². The number of hydrazine groups is 1. The molecule has 9 heteroatoms. The number of ether oxygens (including phenoxy) is 1. The van der Waals surface area contributed by atoms with Crippen molar-refractivity contribution in [2.24, 2.45) is 0 Å². The fourth-order valence-electron chi connectivity index (χ4n) is 1.50. The Labute approximate surface area is 137 Å². The SMILES string of the molecule is O=C(COC(=O)c1ccc(Br)o1)NNC(=O)c1ccccc1F. The Kier molecular flexibility index (Phi) is 5.47. The zero-order valence-corrected chi connectivity index (χ0v) is 13.1. The van der Waals surface area contributed by atoms with Crippen LogP contribution in [-0.4, -0.2) is 24.4 Å². The summed E-state index contributed by atoms with van der Waals surface area (Å²) in [5.74, 6) is -3.29. The molecule has 120 valence electrons. The molecule has 1 aromatic heterocycles. The normalized spacial score (nSPS) is 10.0. The summed E-state index contributed by atoms with van der Waals surface area (Å²) in [4.78, 5) is 34.6. The molecular formula is C14H10BrFN2O5. The van der Waals surface area contributed by atoms with Gasteiger partial charge in [0.25, 0.3) is 11.8 Å². The van der Waals surface area contributed by atoms with Crippen LogP contribution in [0.25, 0.3) is 0 Å². The van der Waals surface area contributed by atoms with Gasteiger partial charge in [0.15, 0.2) is 11.3 Å². The number of nitrogens with one attached hydrogen (secondary N) is 2. The third kappa shape index (κ3) is 4.65. The molecule has 2 aromatic rings. The average molecular weight is 385 g/mol. The molecule has 0 radical (unpaired) electrons. The van der Waals surface area contributed by atoms with Gasteiger partial charge >= 0.3 is 5.97 Å². The first kappa shape index (κ1) is 16.7. The van der Waals surface area contributed by atoms with Crippen LogP contribution in [0.2, 0.25) is 0 Å². The van der Waals surface area contributed by atoms with Gasteiger partial charge in [-0.2, -0.15) is 0 Å². The van der Waals surface area contributed by atoms with Crippen LogP contribution in [-0.2, 0) is 9.53 Å². The van der Waals surface area contributed by atoms with Crippen LogP contribution in [0.5, 0.6) is 0 Å². The number of rotatable bonds is 4. The molecule has 1 aromatic carbocycles. The quantitative estimate of drug-likeness (QED) is 0.618. The molecule has 0 atom stereocenters. The molecule has 0 aliphatic carbocycles. The van der Waals surface area contributed by atoms with E-state index in [0.717, 1.165) is 6.07 Å². The summed E-state index contributed by atoms with van der Waals surface area (Å²) in [6.07, 6.45) is 0. The smallest absolute Gasteiger partial charge is 0.374 e. The lowest BCUT2D eigenvalue weighted by Crippen LogP contribution is -2.43. The van der Waals surface area contributed by atoms with E-state index in [1.165, 1.54) is 30.3 Å². The van der Waals surface area contributed by atoms with Crippen LogP contribution in [0.1, 0.15) is 20.9 Å². The maximum absolute atomic E-state index is 13.4. The lowest BCUT2D eigenvalue weighted by atomic mass is 10.2. The molecule has 0 fully saturated rings. The molecule has 0 spiro atoms. The van der Waals surface area contributed by atoms with E-state index in [1.54, 1.807) is 0 Å². The Balaban J connectivity index is 1.78. The van der Waals surface area contributed by atoms with Crippen molar-refractivity contribution in [1.29, 1.82) is 0 Å². The fourth-order valence-corrected chi connectivity index (χ4v) is 1.81. The van der Waals surface area contributed by atoms with Crippen LogP contribution in [0.15, 0.2) is 45.5 Å². The van der Waals surface area contributed by atoms with Gasteiger partial charge in [0, 0.05) is 0 Å². The Bertz CT molecular complexity index is 746. The Morgan fingerprint density at radius 3 is 2.52 bits per heavy atom. The molecule has 0 saturated heterocycles. The van der Waals surface area contributed by atoms with E-state index in [0.29, 0.717) is 4.67 Å². The van der Waals surface area contributed by atoms with Crippen LogP contribution >= 0.6 is 15.9 Å². The molecule has 0 saturated carbocycles. The van der Waals surface area contributed by atoms with Gasteiger partial charge in [0.05, 0.1) is 5.56 Å². The van der Waals surface area contributed by atoms with E-state index >= 15 is 0 Å². The first-order valence-electron chi connectivity index (χ1n) is 6.23. The monoisotopic (exact) mass is 384 g/mol. The molecular weight excluding hydrogens is 375 g/mol. The van der Waals surface area contributed by atoms with Crippen LogP contribution in [0.4, 0.5) is 4.39 Å². The first-order chi connectivity index (χ1) is 11.0. The van der Waals surface area contributed by atoms with Crippen molar-refractivity contribution in [1.82, 2.24) is 10.9 Å². The minimum atomic E-state index is -0.841. The lowest BCUT2D eigenvalue weighted by Gasteiger charge is -2.08. The number of esters is 1. The zero-order valence-electron chi connectivity index (χ0n) is 11.5. The molecule has 2 amide bonds. The highest BCUT2D eigenvalue weighted by Crippen LogP contribution is 2.14. The highest BCUT2D eigenvalue weighted by atomic mass is 79.9. The predicted molar refractivity (Wildman–Crippen MR) is 78.7 cm³/mol. The van der Waals surface area contributed by atoms with Gasteiger partial charge in [-0.25, -0.2) is 9.18 Å². The van der Waals surface area contributed by atoms with Crippen molar-refractivity contribution >= 4 is 33.7 Å². The van der Waals surface area contributed by atoms with Crippen molar-refractivity contribution in [2.45, 2.75) is 0 Å². The molecule has 2 N–H and O–H groups in total. The van der Waals surface area contributed by atoms with Crippen molar-refractivity contribution in [2.75, 3.05) is 6.61 Å². The van der Waals surface area contributed by atoms with Crippen molar-refractivity contribution in [3.63, 3.8) is 0 Å². The van der Waals surface area contributed by atoms with E-state index < -0.39 is 30.2 Å². The van der Waals surface area contributed by atoms with E-state index in [4.69, 9.17) is 4.42 Å². The molecule has 0 bridgehead atoms. The molecule has 0 aliphatic heterocycles. The number of benzene rings is 1. The van der Waals surface area contributed by atoms with Gasteiger partial charge in [0.1, 0.15) is 5.82 Å². The molecule has 0 aliphatic rings. The summed E-state index contributed by atoms with van der Waals surface area (Å²) in [5, 5.41) is 0. The van der Waals surface area contributed by atoms with Gasteiger partial charge in [-0.05, 0) is 40.2 Å². The third-order valence-electron chi connectivity index (χ3n) is 2.54. The number of hydrogen-bond acceptors (Lipinski definition) is 5. The number of carbonyl (C=O) groups is 3. The maximum Gasteiger partial charge on any atom is 0.374 e. The second kappa shape index (κ2) is 7.54. The first-order valence-corrected chi connectivity index (χ1v) is 7.03. The van der Waals surface area contributed by atoms with Gasteiger partial charge < -0.3 is 9.15 Å². The highest BCUT2D eigenvalue weighted by molar-refractivity contribution is 9.10. The largest absolute Gasteiger partial charge is 0.450 e. The van der Waals surface area contributed by atoms with Crippen LogP contribution < -0.4 is 10.9 Å². The summed E-state index contributed by atoms with van der Waals surface area (Å²) in [5.41, 5.74) is 3.77. The minimum Gasteiger partial charge on any atom is -0.450 e. The maximum atomic E-state index is 13.4. The van der Waals surface area contributed by atoms with E-state index in [-0.39, 0.29) is 11.3 Å². The second-order valence-electron chi connectivity index (χ2n) is 4.16. The molecule has 0 unspecified atom stereocenters. The number of hydrogen-bond donors (Lipinski definition) is 2. The molecule has 1 heterocycles. The lowest BCUT2D eigenvalue weighted by molar-refractivity contribution is -0.125. The summed E-state index contributed by atoms with van der Waals surface area (Å²) in [6.45, 7) is -0.644. The topological polar surface area (TPSA) is 97.6 Å². The molecule has 7 nitrogen and oxygen atoms in total. The fraction of sp³-hybridized carbons (Fsp3) is 0.0714. The van der Waals surface area contributed by atoms with Gasteiger partial charge in [-0.3, -0.25) is 20.4 Å². The number of furan rings is 1. The predicted octanol–water partition coefficient (Wildman–Crippen LogP) is 1.80. The standard InChI is InChI=1S/C14H10BrFN2O5/c15-11-6-5-10(23-11)14(21)22-7-12(19)17-18-13(20)8-3-1-2-4-9(8)16/h1-6H,7H2,(H,17,19)(H,18,20). The number of carbonyl (C=O) groups excluding carboxylic acids is 3. The highest BCUT2D eigenvalue weighted by Gasteiger charge is 2.15. The molecule has 2 rings (SSSR count). The van der Waals surface area contributed by atoms with Crippen molar-refractivity contribution in [3.05, 3.63) is 58.2 Å². The second-order valence-corrected chi connectivity index (χ2v) is 4.94. The van der Waals surface area contributed by atoms with Crippen molar-refractivity contribution in [3.8, 4) is 0 Å². The van der Waals surface area contributed by atoms with Crippen LogP contribution in [0.3, 0.4) is 0 Å². The Morgan fingerprint density at radius 2 is 1.87 bits per heavy atom. The van der Waals surface area contributed by atoms with Gasteiger partial charge in [-0.1, -0.05) is 12.1 Å². The summed E-state index contributed by atoms with van der Waals surface area (Å²) >= 11 is 3.02. The van der Waals surface area contributed by atoms with E-state index in [2.05, 4.69) is 20.7 Å². The Hall–Kier alpha value is -2.68. The summed E-state index contributed by atoms with van der Waals surface area (Å²) in [6, 6.07) is 8.13. The summed E-state index contributed by atoms with van der Waals surface area (Å²) in [7, 11) is 0.